The highest BCUT2D eigenvalue weighted by Crippen LogP contribution is 2.25. The zero-order chi connectivity index (χ0) is 23.8. The quantitative estimate of drug-likeness (QED) is 0.439. The molecule has 0 aliphatic rings. The van der Waals surface area contributed by atoms with Gasteiger partial charge in [0.05, 0.1) is 16.9 Å². The second-order valence-electron chi connectivity index (χ2n) is 8.74. The van der Waals surface area contributed by atoms with Crippen molar-refractivity contribution in [2.75, 3.05) is 27.2 Å². The van der Waals surface area contributed by atoms with Crippen molar-refractivity contribution in [1.82, 2.24) is 19.4 Å². The molecule has 0 N–H and O–H groups in total. The van der Waals surface area contributed by atoms with Gasteiger partial charge in [0, 0.05) is 26.1 Å². The molecular weight excluding hydrogens is 412 g/mol. The highest BCUT2D eigenvalue weighted by atomic mass is 16.2. The molecule has 0 aliphatic carbocycles. The molecule has 0 saturated carbocycles. The van der Waals surface area contributed by atoms with Gasteiger partial charge in [-0.25, -0.2) is 4.98 Å². The molecule has 2 aromatic carbocycles. The third-order valence-electron chi connectivity index (χ3n) is 5.98. The number of hydrogen-bond donors (Lipinski definition) is 0. The van der Waals surface area contributed by atoms with E-state index in [0.29, 0.717) is 49.1 Å². The molecule has 0 radical (unpaired) electrons. The lowest BCUT2D eigenvalue weighted by atomic mass is 10.1. The second-order valence-corrected chi connectivity index (χ2v) is 8.74. The van der Waals surface area contributed by atoms with Crippen LogP contribution in [0.1, 0.15) is 50.5 Å². The van der Waals surface area contributed by atoms with Crippen molar-refractivity contribution in [3.05, 3.63) is 76.3 Å². The number of likely N-dealkylation sites (N-methyl/N-ethyl adjacent to an activating group) is 1. The summed E-state index contributed by atoms with van der Waals surface area (Å²) in [4.78, 5) is 35.8. The molecule has 1 heterocycles. The normalized spacial score (nSPS) is 12.3. The second kappa shape index (κ2) is 11.8. The lowest BCUT2D eigenvalue weighted by molar-refractivity contribution is -0.134. The van der Waals surface area contributed by atoms with E-state index in [2.05, 4.69) is 30.9 Å². The number of amides is 1. The van der Waals surface area contributed by atoms with E-state index in [0.717, 1.165) is 18.5 Å². The lowest BCUT2D eigenvalue weighted by Gasteiger charge is -2.33. The molecule has 0 aliphatic heterocycles. The fourth-order valence-electron chi connectivity index (χ4n) is 4.22. The fraction of sp³-hybridized carbons (Fsp3) is 0.444. The van der Waals surface area contributed by atoms with Crippen LogP contribution in [0.4, 0.5) is 0 Å². The molecule has 1 aromatic heterocycles. The van der Waals surface area contributed by atoms with Gasteiger partial charge in [-0.2, -0.15) is 0 Å². The molecule has 33 heavy (non-hydrogen) atoms. The maximum atomic E-state index is 13.5. The van der Waals surface area contributed by atoms with Crippen LogP contribution in [0.2, 0.25) is 0 Å². The average molecular weight is 449 g/mol. The Bertz CT molecular complexity index is 1110. The third-order valence-corrected chi connectivity index (χ3v) is 5.98. The minimum Gasteiger partial charge on any atom is -0.331 e. The van der Waals surface area contributed by atoms with Crippen LogP contribution in [0.5, 0.6) is 0 Å². The molecule has 3 rings (SSSR count). The van der Waals surface area contributed by atoms with Crippen LogP contribution in [0.3, 0.4) is 0 Å². The van der Waals surface area contributed by atoms with E-state index >= 15 is 0 Å². The molecule has 1 unspecified atom stereocenters. The smallest absolute Gasteiger partial charge is 0.261 e. The average Bonchev–Trinajstić information content (AvgIpc) is 2.82. The van der Waals surface area contributed by atoms with E-state index in [1.54, 1.807) is 4.57 Å². The summed E-state index contributed by atoms with van der Waals surface area (Å²) in [6, 6.07) is 17.3. The summed E-state index contributed by atoms with van der Waals surface area (Å²) in [5.74, 6) is 0.785. The highest BCUT2D eigenvalue weighted by Gasteiger charge is 2.28. The zero-order valence-electron chi connectivity index (χ0n) is 20.3. The number of nitrogens with zero attached hydrogens (tertiary/aromatic N) is 4. The Hall–Kier alpha value is -2.99. The summed E-state index contributed by atoms with van der Waals surface area (Å²) in [5.41, 5.74) is 1.81. The van der Waals surface area contributed by atoms with Gasteiger partial charge in [-0.1, -0.05) is 56.3 Å². The van der Waals surface area contributed by atoms with Crippen molar-refractivity contribution >= 4 is 16.8 Å². The van der Waals surface area contributed by atoms with Crippen LogP contribution in [0, 0.1) is 0 Å². The topological polar surface area (TPSA) is 58.4 Å². The molecule has 6 heteroatoms. The molecule has 1 amide bonds. The Morgan fingerprint density at radius 1 is 1.00 bits per heavy atom. The number of para-hydroxylation sites is 1. The third kappa shape index (κ3) is 6.08. The van der Waals surface area contributed by atoms with E-state index in [1.807, 2.05) is 61.5 Å². The number of benzene rings is 2. The summed E-state index contributed by atoms with van der Waals surface area (Å²) in [5, 5.41) is 0.625. The molecule has 1 atom stereocenters. The number of carbonyl (C=O) groups is 1. The number of aromatic nitrogens is 2. The first kappa shape index (κ1) is 24.6. The SMILES string of the molecule is CCCn1c(C(CC)N(CCN(C)C)C(=O)CCc2ccccc2)nc2ccccc2c1=O. The fourth-order valence-corrected chi connectivity index (χ4v) is 4.22. The zero-order valence-corrected chi connectivity index (χ0v) is 20.3. The van der Waals surface area contributed by atoms with Gasteiger partial charge in [-0.05, 0) is 51.1 Å². The van der Waals surface area contributed by atoms with Crippen molar-refractivity contribution < 1.29 is 4.79 Å². The van der Waals surface area contributed by atoms with E-state index in [-0.39, 0.29) is 17.5 Å². The Morgan fingerprint density at radius 3 is 2.36 bits per heavy atom. The lowest BCUT2D eigenvalue weighted by Crippen LogP contribution is -2.42. The summed E-state index contributed by atoms with van der Waals surface area (Å²) in [6.45, 7) is 6.05. The van der Waals surface area contributed by atoms with Crippen LogP contribution in [-0.2, 0) is 17.8 Å². The van der Waals surface area contributed by atoms with Crippen molar-refractivity contribution in [1.29, 1.82) is 0 Å². The summed E-state index contributed by atoms with van der Waals surface area (Å²) < 4.78 is 1.78. The van der Waals surface area contributed by atoms with E-state index in [9.17, 15) is 9.59 Å². The predicted molar refractivity (Wildman–Crippen MR) is 134 cm³/mol. The molecule has 3 aromatic rings. The first-order chi connectivity index (χ1) is 16.0. The summed E-state index contributed by atoms with van der Waals surface area (Å²) in [7, 11) is 4.02. The van der Waals surface area contributed by atoms with Gasteiger partial charge in [0.1, 0.15) is 5.82 Å². The number of fused-ring (bicyclic) bond motifs is 1. The maximum Gasteiger partial charge on any atom is 0.261 e. The Labute approximate surface area is 196 Å². The summed E-state index contributed by atoms with van der Waals surface area (Å²) in [6.07, 6.45) is 2.64. The van der Waals surface area contributed by atoms with Crippen LogP contribution >= 0.6 is 0 Å². The highest BCUT2D eigenvalue weighted by molar-refractivity contribution is 5.78. The molecule has 0 bridgehead atoms. The number of aryl methyl sites for hydroxylation is 1. The van der Waals surface area contributed by atoms with E-state index in [4.69, 9.17) is 4.98 Å². The minimum absolute atomic E-state index is 0.0276. The minimum atomic E-state index is -0.253. The predicted octanol–water partition coefficient (Wildman–Crippen LogP) is 4.28. The Morgan fingerprint density at radius 2 is 1.70 bits per heavy atom. The number of hydrogen-bond acceptors (Lipinski definition) is 4. The van der Waals surface area contributed by atoms with Crippen molar-refractivity contribution in [3.8, 4) is 0 Å². The molecule has 0 saturated heterocycles. The van der Waals surface area contributed by atoms with E-state index < -0.39 is 0 Å². The molecule has 176 valence electrons. The van der Waals surface area contributed by atoms with Gasteiger partial charge >= 0.3 is 0 Å². The van der Waals surface area contributed by atoms with Gasteiger partial charge in [0.25, 0.3) is 5.56 Å². The Balaban J connectivity index is 2.00. The van der Waals surface area contributed by atoms with Gasteiger partial charge in [-0.3, -0.25) is 14.2 Å². The van der Waals surface area contributed by atoms with Crippen molar-refractivity contribution in [2.45, 2.75) is 52.1 Å². The van der Waals surface area contributed by atoms with Crippen molar-refractivity contribution in [2.24, 2.45) is 0 Å². The van der Waals surface area contributed by atoms with Crippen LogP contribution in [-0.4, -0.2) is 52.4 Å². The number of carbonyl (C=O) groups excluding carboxylic acids is 1. The first-order valence-corrected chi connectivity index (χ1v) is 11.9. The largest absolute Gasteiger partial charge is 0.331 e. The van der Waals surface area contributed by atoms with Gasteiger partial charge in [0.2, 0.25) is 5.91 Å². The molecule has 6 nitrogen and oxygen atoms in total. The number of rotatable bonds is 11. The standard InChI is InChI=1S/C27H36N4O2/c1-5-18-31-26(28-23-15-11-10-14-22(23)27(31)33)24(6-2)30(20-19-29(3)4)25(32)17-16-21-12-8-7-9-13-21/h7-15,24H,5-6,16-20H2,1-4H3. The van der Waals surface area contributed by atoms with Gasteiger partial charge < -0.3 is 9.80 Å². The molecule has 0 fully saturated rings. The first-order valence-electron chi connectivity index (χ1n) is 11.9. The maximum absolute atomic E-state index is 13.5. The van der Waals surface area contributed by atoms with Crippen LogP contribution in [0.15, 0.2) is 59.4 Å². The summed E-state index contributed by atoms with van der Waals surface area (Å²) >= 11 is 0. The Kier molecular flexibility index (Phi) is 8.78. The molecular formula is C27H36N4O2. The monoisotopic (exact) mass is 448 g/mol. The molecule has 0 spiro atoms. The van der Waals surface area contributed by atoms with Gasteiger partial charge in [0.15, 0.2) is 0 Å². The van der Waals surface area contributed by atoms with Gasteiger partial charge in [-0.15, -0.1) is 0 Å². The van der Waals surface area contributed by atoms with Crippen LogP contribution < -0.4 is 5.56 Å². The van der Waals surface area contributed by atoms with Crippen molar-refractivity contribution in [3.63, 3.8) is 0 Å². The van der Waals surface area contributed by atoms with Crippen LogP contribution in [0.25, 0.3) is 10.9 Å². The van der Waals surface area contributed by atoms with E-state index in [1.165, 1.54) is 0 Å².